The summed E-state index contributed by atoms with van der Waals surface area (Å²) in [4.78, 5) is 0.414. The second kappa shape index (κ2) is 12.6. The van der Waals surface area contributed by atoms with Crippen molar-refractivity contribution >= 4 is 17.3 Å². The fourth-order valence-electron chi connectivity index (χ4n) is 5.14. The third kappa shape index (κ3) is 7.04. The van der Waals surface area contributed by atoms with E-state index in [1.54, 1.807) is 12.1 Å². The molecule has 0 heterocycles. The van der Waals surface area contributed by atoms with Gasteiger partial charge in [-0.05, 0) is 57.6 Å². The summed E-state index contributed by atoms with van der Waals surface area (Å²) in [6.07, 6.45) is 16.3. The van der Waals surface area contributed by atoms with Crippen LogP contribution in [0.25, 0.3) is 0 Å². The van der Waals surface area contributed by atoms with Gasteiger partial charge in [-0.15, -0.1) is 0 Å². The quantitative estimate of drug-likeness (QED) is 0.326. The van der Waals surface area contributed by atoms with Gasteiger partial charge < -0.3 is 0 Å². The highest BCUT2D eigenvalue weighted by atomic mass is 32.2. The van der Waals surface area contributed by atoms with Crippen molar-refractivity contribution in [3.63, 3.8) is 0 Å². The van der Waals surface area contributed by atoms with Gasteiger partial charge in [-0.2, -0.15) is 0 Å². The van der Waals surface area contributed by atoms with Crippen LogP contribution in [0.3, 0.4) is 0 Å². The first kappa shape index (κ1) is 25.8. The zero-order valence-electron chi connectivity index (χ0n) is 19.8. The summed E-state index contributed by atoms with van der Waals surface area (Å²) < 4.78 is 29.7. The van der Waals surface area contributed by atoms with E-state index >= 15 is 0 Å². The standard InChI is InChI=1S/C25H45NO2PS/c1-5-8-19-29(20-9-6-2,21-10-7-3)25-14-12-11-13-24(25)26-30(27,28)23-17-15-22(4)16-18-23/h15-18,24-26H,5-14,19-21H2,1-4H3/q+1. The first-order chi connectivity index (χ1) is 14.4. The lowest BCUT2D eigenvalue weighted by atomic mass is 9.96. The predicted molar refractivity (Wildman–Crippen MR) is 134 cm³/mol. The molecule has 172 valence electrons. The van der Waals surface area contributed by atoms with E-state index < -0.39 is 17.3 Å². The smallest absolute Gasteiger partial charge is 0.207 e. The average Bonchev–Trinajstić information content (AvgIpc) is 2.74. The molecule has 30 heavy (non-hydrogen) atoms. The minimum absolute atomic E-state index is 0.115. The summed E-state index contributed by atoms with van der Waals surface area (Å²) in [6, 6.07) is 7.41. The number of aryl methyl sites for hydroxylation is 1. The van der Waals surface area contributed by atoms with Crippen molar-refractivity contribution in [2.45, 2.75) is 108 Å². The molecule has 1 aliphatic carbocycles. The van der Waals surface area contributed by atoms with Gasteiger partial charge in [0.2, 0.25) is 10.0 Å². The van der Waals surface area contributed by atoms with Crippen LogP contribution in [0.5, 0.6) is 0 Å². The molecule has 0 saturated heterocycles. The van der Waals surface area contributed by atoms with E-state index in [-0.39, 0.29) is 6.04 Å². The summed E-state index contributed by atoms with van der Waals surface area (Å²) in [5.74, 6) is 0. The van der Waals surface area contributed by atoms with E-state index in [2.05, 4.69) is 25.5 Å². The largest absolute Gasteiger partial charge is 0.240 e. The molecule has 5 heteroatoms. The monoisotopic (exact) mass is 454 g/mol. The van der Waals surface area contributed by atoms with Gasteiger partial charge in [0.25, 0.3) is 0 Å². The molecule has 0 amide bonds. The second-order valence-corrected chi connectivity index (χ2v) is 15.5. The summed E-state index contributed by atoms with van der Waals surface area (Å²) in [5, 5.41) is 0. The second-order valence-electron chi connectivity index (χ2n) is 9.34. The Kier molecular flexibility index (Phi) is 10.8. The Labute approximate surface area is 187 Å². The molecule has 1 aromatic carbocycles. The van der Waals surface area contributed by atoms with E-state index in [1.165, 1.54) is 69.9 Å². The number of hydrogen-bond acceptors (Lipinski definition) is 2. The molecule has 3 nitrogen and oxygen atoms in total. The van der Waals surface area contributed by atoms with Crippen molar-refractivity contribution in [3.8, 4) is 0 Å². The Morgan fingerprint density at radius 3 is 1.87 bits per heavy atom. The van der Waals surface area contributed by atoms with Crippen LogP contribution in [0.4, 0.5) is 0 Å². The number of rotatable bonds is 13. The molecule has 1 saturated carbocycles. The normalized spacial score (nSPS) is 20.4. The lowest BCUT2D eigenvalue weighted by molar-refractivity contribution is 0.414. The van der Waals surface area contributed by atoms with E-state index in [0.29, 0.717) is 10.6 Å². The van der Waals surface area contributed by atoms with Gasteiger partial charge in [0.1, 0.15) is 0 Å². The first-order valence-corrected chi connectivity index (χ1v) is 16.2. The molecule has 1 aromatic rings. The van der Waals surface area contributed by atoms with Crippen LogP contribution >= 0.6 is 7.26 Å². The van der Waals surface area contributed by atoms with Gasteiger partial charge in [0, 0.05) is 7.26 Å². The molecular formula is C25H45NO2PS+. The third-order valence-electron chi connectivity index (χ3n) is 6.94. The van der Waals surface area contributed by atoms with Crippen molar-refractivity contribution in [2.24, 2.45) is 0 Å². The van der Waals surface area contributed by atoms with Gasteiger partial charge in [-0.3, -0.25) is 0 Å². The molecule has 0 aromatic heterocycles. The highest BCUT2D eigenvalue weighted by Crippen LogP contribution is 2.67. The molecule has 1 fully saturated rings. The summed E-state index contributed by atoms with van der Waals surface area (Å²) in [5.41, 5.74) is 1.66. The number of nitrogens with one attached hydrogen (secondary N) is 1. The molecule has 1 aliphatic rings. The van der Waals surface area contributed by atoms with E-state index in [1.807, 2.05) is 19.1 Å². The van der Waals surface area contributed by atoms with Gasteiger partial charge in [-0.1, -0.05) is 64.2 Å². The van der Waals surface area contributed by atoms with Crippen LogP contribution in [0.15, 0.2) is 29.2 Å². The van der Waals surface area contributed by atoms with E-state index in [0.717, 1.165) is 18.4 Å². The van der Waals surface area contributed by atoms with Gasteiger partial charge >= 0.3 is 0 Å². The fraction of sp³-hybridized carbons (Fsp3) is 0.760. The molecule has 1 N–H and O–H groups in total. The lowest BCUT2D eigenvalue weighted by Gasteiger charge is -2.42. The van der Waals surface area contributed by atoms with Crippen LogP contribution in [0, 0.1) is 6.92 Å². The van der Waals surface area contributed by atoms with Gasteiger partial charge in [0.15, 0.2) is 0 Å². The number of sulfonamides is 1. The number of unbranched alkanes of at least 4 members (excludes halogenated alkanes) is 3. The van der Waals surface area contributed by atoms with Crippen molar-refractivity contribution < 1.29 is 8.42 Å². The van der Waals surface area contributed by atoms with E-state index in [4.69, 9.17) is 0 Å². The van der Waals surface area contributed by atoms with Gasteiger partial charge in [0.05, 0.1) is 35.1 Å². The maximum absolute atomic E-state index is 13.2. The zero-order valence-corrected chi connectivity index (χ0v) is 21.5. The number of hydrogen-bond donors (Lipinski definition) is 1. The molecule has 0 spiro atoms. The van der Waals surface area contributed by atoms with Gasteiger partial charge in [-0.25, -0.2) is 13.1 Å². The van der Waals surface area contributed by atoms with Crippen molar-refractivity contribution in [3.05, 3.63) is 29.8 Å². The Bertz CT molecular complexity index is 695. The third-order valence-corrected chi connectivity index (χ3v) is 14.1. The average molecular weight is 455 g/mol. The molecule has 2 unspecified atom stereocenters. The topological polar surface area (TPSA) is 46.2 Å². The molecule has 0 aliphatic heterocycles. The van der Waals surface area contributed by atoms with Crippen LogP contribution in [0.1, 0.15) is 90.5 Å². The molecular weight excluding hydrogens is 409 g/mol. The highest BCUT2D eigenvalue weighted by Gasteiger charge is 2.49. The maximum atomic E-state index is 13.2. The Balaban J connectivity index is 2.32. The first-order valence-electron chi connectivity index (χ1n) is 12.3. The molecule has 0 radical (unpaired) electrons. The Morgan fingerprint density at radius 2 is 1.37 bits per heavy atom. The summed E-state index contributed by atoms with van der Waals surface area (Å²) in [7, 11) is -4.65. The SMILES string of the molecule is CCCC[P+](CCCC)(CCCC)C1CCCCC1NS(=O)(=O)c1ccc(C)cc1. The maximum Gasteiger partial charge on any atom is 0.240 e. The minimum Gasteiger partial charge on any atom is -0.207 e. The van der Waals surface area contributed by atoms with Crippen molar-refractivity contribution in [2.75, 3.05) is 18.5 Å². The predicted octanol–water partition coefficient (Wildman–Crippen LogP) is 7.00. The van der Waals surface area contributed by atoms with Crippen LogP contribution in [-0.2, 0) is 10.0 Å². The fourth-order valence-corrected chi connectivity index (χ4v) is 12.8. The molecule has 2 atom stereocenters. The summed E-state index contributed by atoms with van der Waals surface area (Å²) in [6.45, 7) is 8.89. The van der Waals surface area contributed by atoms with Crippen LogP contribution < -0.4 is 4.72 Å². The van der Waals surface area contributed by atoms with Crippen LogP contribution in [-0.4, -0.2) is 38.6 Å². The van der Waals surface area contributed by atoms with Crippen molar-refractivity contribution in [1.82, 2.24) is 4.72 Å². The number of benzene rings is 1. The van der Waals surface area contributed by atoms with E-state index in [9.17, 15) is 8.42 Å². The lowest BCUT2D eigenvalue weighted by Crippen LogP contribution is -2.47. The molecule has 2 rings (SSSR count). The highest BCUT2D eigenvalue weighted by molar-refractivity contribution is 7.89. The van der Waals surface area contributed by atoms with Crippen LogP contribution in [0.2, 0.25) is 0 Å². The summed E-state index contributed by atoms with van der Waals surface area (Å²) >= 11 is 0. The molecule has 0 bridgehead atoms. The van der Waals surface area contributed by atoms with Crippen molar-refractivity contribution in [1.29, 1.82) is 0 Å². The Morgan fingerprint density at radius 1 is 0.867 bits per heavy atom. The minimum atomic E-state index is -3.46. The zero-order chi connectivity index (χ0) is 22.0. The Hall–Kier alpha value is -0.440.